The first kappa shape index (κ1) is 13.4. The molecule has 1 nitrogen and oxygen atoms in total. The van der Waals surface area contributed by atoms with E-state index in [1.807, 2.05) is 19.9 Å². The summed E-state index contributed by atoms with van der Waals surface area (Å²) in [7, 11) is 0. The van der Waals surface area contributed by atoms with E-state index in [-0.39, 0.29) is 5.82 Å². The summed E-state index contributed by atoms with van der Waals surface area (Å²) in [6, 6.07) is 3.37. The van der Waals surface area contributed by atoms with E-state index >= 15 is 0 Å². The summed E-state index contributed by atoms with van der Waals surface area (Å²) in [6.07, 6.45) is 5.67. The van der Waals surface area contributed by atoms with Gasteiger partial charge in [-0.15, -0.1) is 0 Å². The molecule has 0 spiro atoms. The Balaban J connectivity index is 0.000000574. The molecule has 2 heteroatoms. The first-order valence-corrected chi connectivity index (χ1v) is 7.22. The predicted molar refractivity (Wildman–Crippen MR) is 72.6 cm³/mol. The van der Waals surface area contributed by atoms with E-state index in [9.17, 15) is 4.39 Å². The maximum absolute atomic E-state index is 13.5. The third-order valence-electron chi connectivity index (χ3n) is 4.00. The maximum atomic E-state index is 13.5. The molecule has 2 atom stereocenters. The molecule has 1 aromatic rings. The number of ether oxygens (including phenoxy) is 1. The van der Waals surface area contributed by atoms with E-state index in [4.69, 9.17) is 4.74 Å². The highest BCUT2D eigenvalue weighted by molar-refractivity contribution is 5.44. The highest BCUT2D eigenvalue weighted by Gasteiger charge is 2.30. The second-order valence-corrected chi connectivity index (χ2v) is 5.07. The minimum absolute atomic E-state index is 0.0542. The van der Waals surface area contributed by atoms with Crippen LogP contribution in [0.25, 0.3) is 0 Å². The van der Waals surface area contributed by atoms with Crippen LogP contribution in [0.5, 0.6) is 5.75 Å². The molecule has 1 saturated carbocycles. The van der Waals surface area contributed by atoms with Gasteiger partial charge >= 0.3 is 0 Å². The smallest absolute Gasteiger partial charge is 0.126 e. The molecular formula is C16H23FO. The molecule has 0 heterocycles. The lowest BCUT2D eigenvalue weighted by Gasteiger charge is -2.34. The molecule has 1 fully saturated rings. The van der Waals surface area contributed by atoms with Gasteiger partial charge in [-0.1, -0.05) is 20.8 Å². The van der Waals surface area contributed by atoms with Crippen molar-refractivity contribution in [2.24, 2.45) is 5.92 Å². The van der Waals surface area contributed by atoms with Crippen LogP contribution >= 0.6 is 0 Å². The maximum Gasteiger partial charge on any atom is 0.126 e. The van der Waals surface area contributed by atoms with Gasteiger partial charge in [-0.2, -0.15) is 0 Å². The van der Waals surface area contributed by atoms with Gasteiger partial charge in [0.05, 0.1) is 0 Å². The first-order chi connectivity index (χ1) is 8.75. The van der Waals surface area contributed by atoms with Crippen molar-refractivity contribution in [1.82, 2.24) is 0 Å². The third-order valence-corrected chi connectivity index (χ3v) is 4.00. The van der Waals surface area contributed by atoms with Crippen LogP contribution in [-0.2, 0) is 12.8 Å². The minimum atomic E-state index is -0.0542. The molecule has 1 aromatic carbocycles. The van der Waals surface area contributed by atoms with Crippen molar-refractivity contribution in [2.45, 2.75) is 59.0 Å². The topological polar surface area (TPSA) is 9.23 Å². The minimum Gasteiger partial charge on any atom is -0.490 e. The van der Waals surface area contributed by atoms with E-state index in [0.29, 0.717) is 12.0 Å². The zero-order chi connectivity index (χ0) is 13.1. The Morgan fingerprint density at radius 3 is 2.44 bits per heavy atom. The molecule has 0 aliphatic heterocycles. The van der Waals surface area contributed by atoms with E-state index in [1.165, 1.54) is 6.42 Å². The SMILES string of the molecule is CC.C[C@@H]1CC[C@H]1Oc1ccc(F)c2c1CCC2. The first-order valence-electron chi connectivity index (χ1n) is 7.22. The van der Waals surface area contributed by atoms with Gasteiger partial charge in [-0.3, -0.25) is 0 Å². The fourth-order valence-electron chi connectivity index (χ4n) is 2.71. The van der Waals surface area contributed by atoms with Crippen molar-refractivity contribution < 1.29 is 9.13 Å². The fourth-order valence-corrected chi connectivity index (χ4v) is 2.71. The highest BCUT2D eigenvalue weighted by atomic mass is 19.1. The molecule has 2 aliphatic rings. The molecule has 0 unspecified atom stereocenters. The van der Waals surface area contributed by atoms with Crippen molar-refractivity contribution in [2.75, 3.05) is 0 Å². The zero-order valence-electron chi connectivity index (χ0n) is 11.6. The zero-order valence-corrected chi connectivity index (χ0v) is 11.6. The Morgan fingerprint density at radius 1 is 1.11 bits per heavy atom. The summed E-state index contributed by atoms with van der Waals surface area (Å²) in [4.78, 5) is 0. The normalized spacial score (nSPS) is 24.7. The van der Waals surface area contributed by atoms with Gasteiger partial charge < -0.3 is 4.74 Å². The number of fused-ring (bicyclic) bond motifs is 1. The number of benzene rings is 1. The standard InChI is InChI=1S/C14H17FO.C2H6/c1-9-5-7-13(9)16-14-8-6-12(15)10-3-2-4-11(10)14;1-2/h6,8-9,13H,2-5,7H2,1H3;1-2H3/t9-,13-;/m1./s1. The monoisotopic (exact) mass is 250 g/mol. The van der Waals surface area contributed by atoms with Crippen LogP contribution in [0.1, 0.15) is 51.2 Å². The van der Waals surface area contributed by atoms with Crippen LogP contribution in [0, 0.1) is 11.7 Å². The quantitative estimate of drug-likeness (QED) is 0.750. The van der Waals surface area contributed by atoms with E-state index in [2.05, 4.69) is 6.92 Å². The molecule has 0 aromatic heterocycles. The highest BCUT2D eigenvalue weighted by Crippen LogP contribution is 2.37. The number of hydrogen-bond acceptors (Lipinski definition) is 1. The second-order valence-electron chi connectivity index (χ2n) is 5.07. The van der Waals surface area contributed by atoms with Crippen molar-refractivity contribution in [3.63, 3.8) is 0 Å². The van der Waals surface area contributed by atoms with Crippen LogP contribution in [0.2, 0.25) is 0 Å². The van der Waals surface area contributed by atoms with E-state index in [0.717, 1.165) is 42.6 Å². The van der Waals surface area contributed by atoms with Crippen LogP contribution in [0.3, 0.4) is 0 Å². The predicted octanol–water partition coefficient (Wildman–Crippen LogP) is 4.52. The van der Waals surface area contributed by atoms with Crippen LogP contribution < -0.4 is 4.74 Å². The number of rotatable bonds is 2. The molecule has 0 amide bonds. The summed E-state index contributed by atoms with van der Waals surface area (Å²) < 4.78 is 19.5. The lowest BCUT2D eigenvalue weighted by Crippen LogP contribution is -2.34. The lowest BCUT2D eigenvalue weighted by molar-refractivity contribution is 0.0568. The summed E-state index contributed by atoms with van der Waals surface area (Å²) in [6.45, 7) is 6.22. The molecule has 0 N–H and O–H groups in total. The number of halogens is 1. The Labute approximate surface area is 109 Å². The van der Waals surface area contributed by atoms with Gasteiger partial charge in [-0.25, -0.2) is 4.39 Å². The van der Waals surface area contributed by atoms with Crippen molar-refractivity contribution in [3.05, 3.63) is 29.1 Å². The van der Waals surface area contributed by atoms with Gasteiger partial charge in [0.2, 0.25) is 0 Å². The van der Waals surface area contributed by atoms with E-state index < -0.39 is 0 Å². The largest absolute Gasteiger partial charge is 0.490 e. The van der Waals surface area contributed by atoms with Gasteiger partial charge in [0, 0.05) is 5.56 Å². The van der Waals surface area contributed by atoms with Gasteiger partial charge in [0.1, 0.15) is 17.7 Å². The third kappa shape index (κ3) is 2.38. The summed E-state index contributed by atoms with van der Waals surface area (Å²) >= 11 is 0. The van der Waals surface area contributed by atoms with Crippen LogP contribution in [0.15, 0.2) is 12.1 Å². The molecule has 2 aliphatic carbocycles. The molecule has 18 heavy (non-hydrogen) atoms. The van der Waals surface area contributed by atoms with Crippen LogP contribution in [0.4, 0.5) is 4.39 Å². The molecule has 0 bridgehead atoms. The van der Waals surface area contributed by atoms with Gasteiger partial charge in [0.25, 0.3) is 0 Å². The second kappa shape index (κ2) is 5.73. The Bertz CT molecular complexity index is 414. The van der Waals surface area contributed by atoms with Crippen LogP contribution in [-0.4, -0.2) is 6.10 Å². The Morgan fingerprint density at radius 2 is 1.83 bits per heavy atom. The average molecular weight is 250 g/mol. The summed E-state index contributed by atoms with van der Waals surface area (Å²) in [5.74, 6) is 1.54. The van der Waals surface area contributed by atoms with Gasteiger partial charge in [-0.05, 0) is 55.7 Å². The molecule has 3 rings (SSSR count). The van der Waals surface area contributed by atoms with Crippen molar-refractivity contribution in [1.29, 1.82) is 0 Å². The molecule has 100 valence electrons. The fraction of sp³-hybridized carbons (Fsp3) is 0.625. The Hall–Kier alpha value is -1.05. The Kier molecular flexibility index (Phi) is 4.26. The van der Waals surface area contributed by atoms with Crippen molar-refractivity contribution >= 4 is 0 Å². The summed E-state index contributed by atoms with van der Waals surface area (Å²) in [5, 5.41) is 0. The molecule has 0 saturated heterocycles. The molecular weight excluding hydrogens is 227 g/mol. The van der Waals surface area contributed by atoms with E-state index in [1.54, 1.807) is 6.07 Å². The summed E-state index contributed by atoms with van der Waals surface area (Å²) in [5.41, 5.74) is 2.02. The van der Waals surface area contributed by atoms with Gasteiger partial charge in [0.15, 0.2) is 0 Å². The number of hydrogen-bond donors (Lipinski definition) is 0. The average Bonchev–Trinajstić information content (AvgIpc) is 2.89. The molecule has 0 radical (unpaired) electrons. The lowest BCUT2D eigenvalue weighted by atomic mass is 9.83. The van der Waals surface area contributed by atoms with Crippen molar-refractivity contribution in [3.8, 4) is 5.75 Å².